The molecule has 2 heterocycles. The number of morpholine rings is 1. The van der Waals surface area contributed by atoms with Crippen LogP contribution in [0.3, 0.4) is 0 Å². The van der Waals surface area contributed by atoms with E-state index >= 15 is 0 Å². The van der Waals surface area contributed by atoms with E-state index in [1.165, 1.54) is 6.26 Å². The van der Waals surface area contributed by atoms with Gasteiger partial charge in [0.15, 0.2) is 0 Å². The van der Waals surface area contributed by atoms with Gasteiger partial charge >= 0.3 is 0 Å². The Hall–Kier alpha value is -1.78. The molecule has 20 heavy (non-hydrogen) atoms. The minimum absolute atomic E-state index is 0.0976. The van der Waals surface area contributed by atoms with E-state index in [1.54, 1.807) is 11.0 Å². The molecule has 1 aromatic carbocycles. The number of carbonyl (C=O) groups is 1. The van der Waals surface area contributed by atoms with Gasteiger partial charge in [-0.1, -0.05) is 30.3 Å². The summed E-state index contributed by atoms with van der Waals surface area (Å²) in [6, 6.07) is 11.5. The smallest absolute Gasteiger partial charge is 0.258 e. The summed E-state index contributed by atoms with van der Waals surface area (Å²) in [4.78, 5) is 14.1. The van der Waals surface area contributed by atoms with Crippen LogP contribution < -0.4 is 0 Å². The van der Waals surface area contributed by atoms with Crippen LogP contribution >= 0.6 is 11.6 Å². The molecule has 0 saturated carbocycles. The van der Waals surface area contributed by atoms with E-state index in [2.05, 4.69) is 0 Å². The summed E-state index contributed by atoms with van der Waals surface area (Å²) in [5.74, 6) is -0.118. The fraction of sp³-hybridized carbons (Fsp3) is 0.267. The Labute approximate surface area is 121 Å². The molecular weight excluding hydrogens is 278 g/mol. The highest BCUT2D eigenvalue weighted by Gasteiger charge is 2.27. The SMILES string of the molecule is O=C(c1ccoc1Cl)N1CCOC(c2ccccc2)C1. The van der Waals surface area contributed by atoms with Crippen molar-refractivity contribution < 1.29 is 13.9 Å². The lowest BCUT2D eigenvalue weighted by Gasteiger charge is -2.33. The molecule has 104 valence electrons. The number of amides is 1. The van der Waals surface area contributed by atoms with E-state index in [0.717, 1.165) is 5.56 Å². The summed E-state index contributed by atoms with van der Waals surface area (Å²) in [7, 11) is 0. The van der Waals surface area contributed by atoms with Crippen molar-refractivity contribution in [3.05, 3.63) is 59.0 Å². The lowest BCUT2D eigenvalue weighted by molar-refractivity contribution is -0.0228. The van der Waals surface area contributed by atoms with Crippen molar-refractivity contribution in [3.8, 4) is 0 Å². The lowest BCUT2D eigenvalue weighted by atomic mass is 10.1. The quantitative estimate of drug-likeness (QED) is 0.853. The van der Waals surface area contributed by atoms with Gasteiger partial charge < -0.3 is 14.1 Å². The van der Waals surface area contributed by atoms with Crippen molar-refractivity contribution in [3.63, 3.8) is 0 Å². The largest absolute Gasteiger partial charge is 0.452 e. The van der Waals surface area contributed by atoms with Crippen LogP contribution in [0.5, 0.6) is 0 Å². The summed E-state index contributed by atoms with van der Waals surface area (Å²) in [6.07, 6.45) is 1.32. The number of hydrogen-bond acceptors (Lipinski definition) is 3. The average Bonchev–Trinajstić information content (AvgIpc) is 2.94. The van der Waals surface area contributed by atoms with Gasteiger partial charge in [-0.2, -0.15) is 0 Å². The number of nitrogens with zero attached hydrogens (tertiary/aromatic N) is 1. The number of rotatable bonds is 2. The van der Waals surface area contributed by atoms with Crippen LogP contribution in [-0.4, -0.2) is 30.5 Å². The van der Waals surface area contributed by atoms with E-state index in [0.29, 0.717) is 25.3 Å². The van der Waals surface area contributed by atoms with Gasteiger partial charge in [0.05, 0.1) is 25.0 Å². The Morgan fingerprint density at radius 1 is 1.25 bits per heavy atom. The van der Waals surface area contributed by atoms with Crippen molar-refractivity contribution >= 4 is 17.5 Å². The fourth-order valence-corrected chi connectivity index (χ4v) is 2.51. The summed E-state index contributed by atoms with van der Waals surface area (Å²) >= 11 is 5.86. The maximum atomic E-state index is 12.4. The fourth-order valence-electron chi connectivity index (χ4n) is 2.32. The molecule has 5 heteroatoms. The molecule has 1 unspecified atom stereocenters. The van der Waals surface area contributed by atoms with Crippen molar-refractivity contribution in [2.75, 3.05) is 19.7 Å². The Bertz CT molecular complexity index is 596. The first-order valence-corrected chi connectivity index (χ1v) is 6.82. The molecule has 0 radical (unpaired) electrons. The topological polar surface area (TPSA) is 42.7 Å². The molecule has 4 nitrogen and oxygen atoms in total. The van der Waals surface area contributed by atoms with Gasteiger partial charge in [-0.25, -0.2) is 0 Å². The number of ether oxygens (including phenoxy) is 1. The van der Waals surface area contributed by atoms with Gasteiger partial charge in [0.25, 0.3) is 5.91 Å². The van der Waals surface area contributed by atoms with Crippen LogP contribution in [-0.2, 0) is 4.74 Å². The standard InChI is InChI=1S/C15H14ClNO3/c16-14-12(6-8-20-14)15(18)17-7-9-19-13(10-17)11-4-2-1-3-5-11/h1-6,8,13H,7,9-10H2. The van der Waals surface area contributed by atoms with E-state index in [4.69, 9.17) is 20.8 Å². The Morgan fingerprint density at radius 3 is 2.75 bits per heavy atom. The predicted octanol–water partition coefficient (Wildman–Crippen LogP) is 3.15. The number of benzene rings is 1. The van der Waals surface area contributed by atoms with E-state index in [9.17, 15) is 4.79 Å². The van der Waals surface area contributed by atoms with Crippen molar-refractivity contribution in [1.82, 2.24) is 4.90 Å². The highest BCUT2D eigenvalue weighted by molar-refractivity contribution is 6.32. The number of halogens is 1. The molecule has 0 aliphatic carbocycles. The first-order valence-electron chi connectivity index (χ1n) is 6.44. The van der Waals surface area contributed by atoms with Gasteiger partial charge in [-0.3, -0.25) is 4.79 Å². The Balaban J connectivity index is 1.76. The third kappa shape index (κ3) is 2.57. The molecular formula is C15H14ClNO3. The average molecular weight is 292 g/mol. The van der Waals surface area contributed by atoms with Crippen molar-refractivity contribution in [2.24, 2.45) is 0 Å². The van der Waals surface area contributed by atoms with Crippen LogP contribution in [0.4, 0.5) is 0 Å². The second-order valence-electron chi connectivity index (χ2n) is 4.63. The molecule has 0 N–H and O–H groups in total. The molecule has 1 aliphatic rings. The molecule has 1 fully saturated rings. The summed E-state index contributed by atoms with van der Waals surface area (Å²) in [5, 5.41) is 0.137. The van der Waals surface area contributed by atoms with Crippen LogP contribution in [0.2, 0.25) is 5.22 Å². The van der Waals surface area contributed by atoms with E-state index in [-0.39, 0.29) is 17.2 Å². The third-order valence-electron chi connectivity index (χ3n) is 3.37. The second kappa shape index (κ2) is 5.69. The second-order valence-corrected chi connectivity index (χ2v) is 4.97. The van der Waals surface area contributed by atoms with E-state index < -0.39 is 0 Å². The molecule has 1 atom stereocenters. The number of carbonyl (C=O) groups excluding carboxylic acids is 1. The molecule has 1 saturated heterocycles. The van der Waals surface area contributed by atoms with Crippen LogP contribution in [0.25, 0.3) is 0 Å². The molecule has 2 aromatic rings. The minimum atomic E-state index is -0.118. The van der Waals surface area contributed by atoms with Crippen LogP contribution in [0, 0.1) is 0 Å². The van der Waals surface area contributed by atoms with Gasteiger partial charge in [-0.05, 0) is 23.2 Å². The normalized spacial score (nSPS) is 19.1. The van der Waals surface area contributed by atoms with Crippen LogP contribution in [0.1, 0.15) is 22.0 Å². The van der Waals surface area contributed by atoms with Gasteiger partial charge in [0.2, 0.25) is 5.22 Å². The Kier molecular flexibility index (Phi) is 3.76. The first-order chi connectivity index (χ1) is 9.75. The zero-order valence-corrected chi connectivity index (χ0v) is 11.5. The summed E-state index contributed by atoms with van der Waals surface area (Å²) in [5.41, 5.74) is 1.48. The zero-order chi connectivity index (χ0) is 13.9. The number of hydrogen-bond donors (Lipinski definition) is 0. The lowest BCUT2D eigenvalue weighted by Crippen LogP contribution is -2.42. The third-order valence-corrected chi connectivity index (χ3v) is 3.67. The molecule has 0 spiro atoms. The van der Waals surface area contributed by atoms with Crippen LogP contribution in [0.15, 0.2) is 47.1 Å². The monoisotopic (exact) mass is 291 g/mol. The minimum Gasteiger partial charge on any atom is -0.452 e. The molecule has 1 aromatic heterocycles. The Morgan fingerprint density at radius 2 is 2.05 bits per heavy atom. The van der Waals surface area contributed by atoms with Gasteiger partial charge in [0, 0.05) is 6.54 Å². The highest BCUT2D eigenvalue weighted by atomic mass is 35.5. The summed E-state index contributed by atoms with van der Waals surface area (Å²) in [6.45, 7) is 1.59. The molecule has 1 amide bonds. The number of furan rings is 1. The molecule has 3 rings (SSSR count). The van der Waals surface area contributed by atoms with Gasteiger partial charge in [-0.15, -0.1) is 0 Å². The first kappa shape index (κ1) is 13.2. The highest BCUT2D eigenvalue weighted by Crippen LogP contribution is 2.25. The zero-order valence-electron chi connectivity index (χ0n) is 10.8. The van der Waals surface area contributed by atoms with Gasteiger partial charge in [0.1, 0.15) is 6.10 Å². The maximum Gasteiger partial charge on any atom is 0.258 e. The molecule has 0 bridgehead atoms. The summed E-state index contributed by atoms with van der Waals surface area (Å²) < 4.78 is 10.7. The predicted molar refractivity (Wildman–Crippen MR) is 74.8 cm³/mol. The maximum absolute atomic E-state index is 12.4. The van der Waals surface area contributed by atoms with E-state index in [1.807, 2.05) is 30.3 Å². The molecule has 1 aliphatic heterocycles. The van der Waals surface area contributed by atoms with Crippen molar-refractivity contribution in [2.45, 2.75) is 6.10 Å². The van der Waals surface area contributed by atoms with Crippen molar-refractivity contribution in [1.29, 1.82) is 0 Å².